The number of fused-ring (bicyclic) bond motifs is 1. The predicted octanol–water partition coefficient (Wildman–Crippen LogP) is 2.82. The highest BCUT2D eigenvalue weighted by Crippen LogP contribution is 2.25. The molecule has 3 aromatic rings. The maximum absolute atomic E-state index is 5.41. The fourth-order valence-electron chi connectivity index (χ4n) is 3.31. The molecule has 3 heterocycles. The van der Waals surface area contributed by atoms with Gasteiger partial charge in [-0.15, -0.1) is 0 Å². The zero-order valence-electron chi connectivity index (χ0n) is 13.8. The fourth-order valence-corrected chi connectivity index (χ4v) is 3.31. The van der Waals surface area contributed by atoms with Crippen LogP contribution in [0.15, 0.2) is 48.9 Å². The number of aryl methyl sites for hydroxylation is 1. The van der Waals surface area contributed by atoms with Crippen LogP contribution in [0.2, 0.25) is 0 Å². The Labute approximate surface area is 141 Å². The molecule has 4 rings (SSSR count). The monoisotopic (exact) mass is 322 g/mol. The maximum atomic E-state index is 5.41. The number of pyridine rings is 1. The van der Waals surface area contributed by atoms with Crippen LogP contribution < -0.4 is 0 Å². The number of benzene rings is 1. The van der Waals surface area contributed by atoms with Gasteiger partial charge in [0.25, 0.3) is 0 Å². The molecule has 1 saturated heterocycles. The number of nitrogens with zero attached hydrogens (tertiary/aromatic N) is 4. The first kappa shape index (κ1) is 15.3. The van der Waals surface area contributed by atoms with E-state index >= 15 is 0 Å². The Balaban J connectivity index is 1.51. The largest absolute Gasteiger partial charge is 0.379 e. The summed E-state index contributed by atoms with van der Waals surface area (Å²) in [5.41, 5.74) is 2.12. The summed E-state index contributed by atoms with van der Waals surface area (Å²) in [5.74, 6) is 1.00. The molecule has 1 aliphatic rings. The van der Waals surface area contributed by atoms with E-state index in [1.165, 1.54) is 0 Å². The second-order valence-corrected chi connectivity index (χ2v) is 6.13. The third-order valence-corrected chi connectivity index (χ3v) is 4.57. The molecular weight excluding hydrogens is 300 g/mol. The van der Waals surface area contributed by atoms with E-state index in [1.807, 2.05) is 18.5 Å². The summed E-state index contributed by atoms with van der Waals surface area (Å²) in [6.45, 7) is 5.88. The van der Waals surface area contributed by atoms with Crippen molar-refractivity contribution in [2.45, 2.75) is 13.0 Å². The highest BCUT2D eigenvalue weighted by Gasteiger charge is 2.12. The van der Waals surface area contributed by atoms with Gasteiger partial charge in [-0.25, -0.2) is 4.98 Å². The van der Waals surface area contributed by atoms with Crippen LogP contribution in [-0.4, -0.2) is 52.3 Å². The van der Waals surface area contributed by atoms with Crippen molar-refractivity contribution in [3.63, 3.8) is 0 Å². The normalized spacial score (nSPS) is 15.8. The zero-order valence-corrected chi connectivity index (χ0v) is 13.8. The van der Waals surface area contributed by atoms with E-state index in [4.69, 9.17) is 4.74 Å². The number of imidazole rings is 1. The molecule has 24 heavy (non-hydrogen) atoms. The molecule has 0 atom stereocenters. The minimum absolute atomic E-state index is 0.859. The van der Waals surface area contributed by atoms with Gasteiger partial charge < -0.3 is 9.30 Å². The SMILES string of the molecule is c1cnc2c(-c3nccn3CCCN3CCOCC3)cccc2c1. The summed E-state index contributed by atoms with van der Waals surface area (Å²) in [4.78, 5) is 11.6. The van der Waals surface area contributed by atoms with E-state index in [-0.39, 0.29) is 0 Å². The van der Waals surface area contributed by atoms with Crippen molar-refractivity contribution in [2.24, 2.45) is 0 Å². The van der Waals surface area contributed by atoms with Crippen molar-refractivity contribution in [2.75, 3.05) is 32.8 Å². The molecule has 5 heteroatoms. The third-order valence-electron chi connectivity index (χ3n) is 4.57. The summed E-state index contributed by atoms with van der Waals surface area (Å²) >= 11 is 0. The highest BCUT2D eigenvalue weighted by atomic mass is 16.5. The molecule has 0 N–H and O–H groups in total. The molecule has 0 saturated carbocycles. The third kappa shape index (κ3) is 3.18. The summed E-state index contributed by atoms with van der Waals surface area (Å²) < 4.78 is 7.65. The summed E-state index contributed by atoms with van der Waals surface area (Å²) in [6.07, 6.45) is 6.90. The first-order valence-corrected chi connectivity index (χ1v) is 8.57. The van der Waals surface area contributed by atoms with E-state index in [0.717, 1.165) is 68.1 Å². The Morgan fingerprint density at radius 2 is 1.83 bits per heavy atom. The number of rotatable bonds is 5. The maximum Gasteiger partial charge on any atom is 0.142 e. The van der Waals surface area contributed by atoms with Crippen LogP contribution in [-0.2, 0) is 11.3 Å². The van der Waals surface area contributed by atoms with Crippen LogP contribution in [0.5, 0.6) is 0 Å². The van der Waals surface area contributed by atoms with Crippen molar-refractivity contribution >= 4 is 10.9 Å². The Hall–Kier alpha value is -2.24. The standard InChI is InChI=1S/C19H22N4O/c1-4-16-5-2-7-20-18(16)17(6-1)19-21-8-11-23(19)10-3-9-22-12-14-24-15-13-22/h1-2,4-8,11H,3,9-10,12-15H2. The van der Waals surface area contributed by atoms with Crippen LogP contribution in [0.3, 0.4) is 0 Å². The lowest BCUT2D eigenvalue weighted by Crippen LogP contribution is -2.37. The number of ether oxygens (including phenoxy) is 1. The first-order chi connectivity index (χ1) is 11.9. The zero-order chi connectivity index (χ0) is 16.2. The molecule has 0 unspecified atom stereocenters. The van der Waals surface area contributed by atoms with E-state index < -0.39 is 0 Å². The quantitative estimate of drug-likeness (QED) is 0.724. The van der Waals surface area contributed by atoms with Gasteiger partial charge in [0.1, 0.15) is 5.82 Å². The van der Waals surface area contributed by atoms with Gasteiger partial charge in [-0.1, -0.05) is 18.2 Å². The molecular formula is C19H22N4O. The molecule has 124 valence electrons. The minimum atomic E-state index is 0.859. The average Bonchev–Trinajstić information content (AvgIpc) is 3.10. The van der Waals surface area contributed by atoms with E-state index in [0.29, 0.717) is 0 Å². The van der Waals surface area contributed by atoms with Crippen molar-refractivity contribution < 1.29 is 4.74 Å². The number of morpholine rings is 1. The lowest BCUT2D eigenvalue weighted by molar-refractivity contribution is 0.0369. The van der Waals surface area contributed by atoms with E-state index in [1.54, 1.807) is 0 Å². The van der Waals surface area contributed by atoms with Crippen LogP contribution >= 0.6 is 0 Å². The predicted molar refractivity (Wildman–Crippen MR) is 94.8 cm³/mol. The van der Waals surface area contributed by atoms with E-state index in [9.17, 15) is 0 Å². The van der Waals surface area contributed by atoms with Crippen molar-refractivity contribution in [1.29, 1.82) is 0 Å². The molecule has 0 bridgehead atoms. The molecule has 5 nitrogen and oxygen atoms in total. The van der Waals surface area contributed by atoms with Crippen molar-refractivity contribution in [3.05, 3.63) is 48.9 Å². The van der Waals surface area contributed by atoms with Crippen molar-refractivity contribution in [1.82, 2.24) is 19.4 Å². The Bertz CT molecular complexity index is 802. The Morgan fingerprint density at radius 3 is 2.75 bits per heavy atom. The van der Waals surface area contributed by atoms with Crippen molar-refractivity contribution in [3.8, 4) is 11.4 Å². The topological polar surface area (TPSA) is 43.2 Å². The van der Waals surface area contributed by atoms with Gasteiger partial charge in [0.2, 0.25) is 0 Å². The molecule has 0 aliphatic carbocycles. The number of hydrogen-bond donors (Lipinski definition) is 0. The average molecular weight is 322 g/mol. The minimum Gasteiger partial charge on any atom is -0.379 e. The molecule has 1 fully saturated rings. The van der Waals surface area contributed by atoms with E-state index in [2.05, 4.69) is 49.9 Å². The number of aromatic nitrogens is 3. The van der Waals surface area contributed by atoms with Gasteiger partial charge in [0.15, 0.2) is 0 Å². The summed E-state index contributed by atoms with van der Waals surface area (Å²) in [5, 5.41) is 1.15. The number of hydrogen-bond acceptors (Lipinski definition) is 4. The Morgan fingerprint density at radius 1 is 0.958 bits per heavy atom. The van der Waals surface area contributed by atoms with Gasteiger partial charge in [0.05, 0.1) is 18.7 Å². The van der Waals surface area contributed by atoms with Gasteiger partial charge >= 0.3 is 0 Å². The van der Waals surface area contributed by atoms with Gasteiger partial charge in [-0.2, -0.15) is 0 Å². The molecule has 1 aromatic carbocycles. The summed E-state index contributed by atoms with van der Waals surface area (Å²) in [6, 6.07) is 10.3. The van der Waals surface area contributed by atoms with Gasteiger partial charge in [0, 0.05) is 55.7 Å². The lowest BCUT2D eigenvalue weighted by atomic mass is 10.1. The summed E-state index contributed by atoms with van der Waals surface area (Å²) in [7, 11) is 0. The van der Waals surface area contributed by atoms with Gasteiger partial charge in [-0.3, -0.25) is 9.88 Å². The molecule has 2 aromatic heterocycles. The van der Waals surface area contributed by atoms with Crippen LogP contribution in [0, 0.1) is 0 Å². The van der Waals surface area contributed by atoms with Crippen LogP contribution in [0.4, 0.5) is 0 Å². The molecule has 0 radical (unpaired) electrons. The number of para-hydroxylation sites is 1. The second-order valence-electron chi connectivity index (χ2n) is 6.13. The van der Waals surface area contributed by atoms with Gasteiger partial charge in [-0.05, 0) is 18.6 Å². The molecule has 0 spiro atoms. The smallest absolute Gasteiger partial charge is 0.142 e. The van der Waals surface area contributed by atoms with Crippen LogP contribution in [0.1, 0.15) is 6.42 Å². The first-order valence-electron chi connectivity index (χ1n) is 8.57. The lowest BCUT2D eigenvalue weighted by Gasteiger charge is -2.26. The highest BCUT2D eigenvalue weighted by molar-refractivity contribution is 5.91. The second kappa shape index (κ2) is 7.11. The fraction of sp³-hybridized carbons (Fsp3) is 0.368. The van der Waals surface area contributed by atoms with Crippen LogP contribution in [0.25, 0.3) is 22.3 Å². The molecule has 0 amide bonds. The molecule has 1 aliphatic heterocycles. The Kier molecular flexibility index (Phi) is 4.53.